The van der Waals surface area contributed by atoms with E-state index in [0.29, 0.717) is 5.92 Å². The number of halogens is 2. The zero-order valence-electron chi connectivity index (χ0n) is 12.2. The van der Waals surface area contributed by atoms with Crippen LogP contribution in [-0.2, 0) is 0 Å². The summed E-state index contributed by atoms with van der Waals surface area (Å²) in [4.78, 5) is 0. The zero-order valence-corrected chi connectivity index (χ0v) is 12.2. The summed E-state index contributed by atoms with van der Waals surface area (Å²) >= 11 is 0. The monoisotopic (exact) mass is 283 g/mol. The quantitative estimate of drug-likeness (QED) is 0.809. The SMILES string of the molecule is CCCNC(CC1CCC1)c1c(F)cc(OC)cc1F. The number of ether oxygens (including phenoxy) is 1. The fourth-order valence-corrected chi connectivity index (χ4v) is 2.70. The van der Waals surface area contributed by atoms with Crippen LogP contribution in [0.4, 0.5) is 8.78 Å². The van der Waals surface area contributed by atoms with E-state index < -0.39 is 11.6 Å². The van der Waals surface area contributed by atoms with E-state index in [1.54, 1.807) is 0 Å². The molecule has 4 heteroatoms. The largest absolute Gasteiger partial charge is 0.497 e. The Bertz CT molecular complexity index is 423. The van der Waals surface area contributed by atoms with Crippen molar-refractivity contribution in [2.75, 3.05) is 13.7 Å². The minimum Gasteiger partial charge on any atom is -0.497 e. The van der Waals surface area contributed by atoms with Crippen molar-refractivity contribution in [1.29, 1.82) is 0 Å². The van der Waals surface area contributed by atoms with E-state index in [1.807, 2.05) is 6.92 Å². The van der Waals surface area contributed by atoms with Crippen LogP contribution in [0.3, 0.4) is 0 Å². The summed E-state index contributed by atoms with van der Waals surface area (Å²) in [7, 11) is 1.41. The lowest BCUT2D eigenvalue weighted by atomic mass is 9.79. The molecule has 1 aliphatic carbocycles. The van der Waals surface area contributed by atoms with Gasteiger partial charge in [0.15, 0.2) is 0 Å². The van der Waals surface area contributed by atoms with Gasteiger partial charge in [0.2, 0.25) is 0 Å². The second-order valence-electron chi connectivity index (χ2n) is 5.54. The molecule has 20 heavy (non-hydrogen) atoms. The summed E-state index contributed by atoms with van der Waals surface area (Å²) in [6, 6.07) is 2.28. The molecule has 0 bridgehead atoms. The summed E-state index contributed by atoms with van der Waals surface area (Å²) in [5, 5.41) is 3.28. The van der Waals surface area contributed by atoms with Gasteiger partial charge in [0.1, 0.15) is 17.4 Å². The Balaban J connectivity index is 2.21. The molecule has 1 saturated carbocycles. The molecule has 0 saturated heterocycles. The number of benzene rings is 1. The van der Waals surface area contributed by atoms with Gasteiger partial charge in [-0.2, -0.15) is 0 Å². The minimum atomic E-state index is -0.519. The maximum Gasteiger partial charge on any atom is 0.134 e. The molecule has 0 amide bonds. The van der Waals surface area contributed by atoms with Gasteiger partial charge in [0, 0.05) is 23.7 Å². The van der Waals surface area contributed by atoms with E-state index in [2.05, 4.69) is 5.32 Å². The molecular formula is C16H23F2NO. The van der Waals surface area contributed by atoms with Crippen LogP contribution in [0.25, 0.3) is 0 Å². The molecule has 112 valence electrons. The summed E-state index contributed by atoms with van der Waals surface area (Å²) in [6.45, 7) is 2.82. The van der Waals surface area contributed by atoms with Crippen LogP contribution in [0.1, 0.15) is 50.6 Å². The van der Waals surface area contributed by atoms with Crippen LogP contribution in [0.2, 0.25) is 0 Å². The highest BCUT2D eigenvalue weighted by Crippen LogP contribution is 2.36. The van der Waals surface area contributed by atoms with Gasteiger partial charge in [-0.25, -0.2) is 8.78 Å². The molecule has 1 atom stereocenters. The summed E-state index contributed by atoms with van der Waals surface area (Å²) in [5.41, 5.74) is 0.158. The lowest BCUT2D eigenvalue weighted by molar-refractivity contribution is 0.256. The number of hydrogen-bond donors (Lipinski definition) is 1. The second kappa shape index (κ2) is 7.02. The smallest absolute Gasteiger partial charge is 0.134 e. The van der Waals surface area contributed by atoms with Crippen LogP contribution >= 0.6 is 0 Å². The molecule has 0 spiro atoms. The maximum absolute atomic E-state index is 14.2. The van der Waals surface area contributed by atoms with Crippen molar-refractivity contribution >= 4 is 0 Å². The van der Waals surface area contributed by atoms with Crippen molar-refractivity contribution in [3.8, 4) is 5.75 Å². The number of hydrogen-bond acceptors (Lipinski definition) is 2. The molecule has 2 nitrogen and oxygen atoms in total. The summed E-state index contributed by atoms with van der Waals surface area (Å²) in [6.07, 6.45) is 5.33. The molecule has 1 fully saturated rings. The predicted molar refractivity (Wildman–Crippen MR) is 75.9 cm³/mol. The molecule has 1 aromatic rings. The molecule has 0 aromatic heterocycles. The lowest BCUT2D eigenvalue weighted by Gasteiger charge is -2.31. The highest BCUT2D eigenvalue weighted by molar-refractivity contribution is 5.32. The van der Waals surface area contributed by atoms with Crippen molar-refractivity contribution in [2.45, 2.75) is 45.1 Å². The fraction of sp³-hybridized carbons (Fsp3) is 0.625. The standard InChI is InChI=1S/C16H23F2NO/c1-3-7-19-15(8-11-5-4-6-11)16-13(17)9-12(20-2)10-14(16)18/h9-11,15,19H,3-8H2,1-2H3. The molecule has 2 rings (SSSR count). The van der Waals surface area contributed by atoms with Gasteiger partial charge in [-0.1, -0.05) is 26.2 Å². The van der Waals surface area contributed by atoms with Gasteiger partial charge in [0.05, 0.1) is 7.11 Å². The maximum atomic E-state index is 14.2. The molecular weight excluding hydrogens is 260 g/mol. The molecule has 1 aliphatic rings. The fourth-order valence-electron chi connectivity index (χ4n) is 2.70. The number of rotatable bonds is 7. The van der Waals surface area contributed by atoms with Gasteiger partial charge in [0.25, 0.3) is 0 Å². The highest BCUT2D eigenvalue weighted by Gasteiger charge is 2.27. The molecule has 0 heterocycles. The van der Waals surface area contributed by atoms with E-state index in [9.17, 15) is 8.78 Å². The van der Waals surface area contributed by atoms with Gasteiger partial charge in [-0.3, -0.25) is 0 Å². The molecule has 1 N–H and O–H groups in total. The minimum absolute atomic E-state index is 0.158. The molecule has 1 aromatic carbocycles. The van der Waals surface area contributed by atoms with Crippen LogP contribution in [0.5, 0.6) is 5.75 Å². The van der Waals surface area contributed by atoms with E-state index in [4.69, 9.17) is 4.74 Å². The Hall–Kier alpha value is -1.16. The first-order valence-electron chi connectivity index (χ1n) is 7.42. The van der Waals surface area contributed by atoms with Gasteiger partial charge in [-0.15, -0.1) is 0 Å². The second-order valence-corrected chi connectivity index (χ2v) is 5.54. The average molecular weight is 283 g/mol. The van der Waals surface area contributed by atoms with E-state index in [0.717, 1.165) is 19.4 Å². The number of nitrogens with one attached hydrogen (secondary N) is 1. The van der Waals surface area contributed by atoms with E-state index >= 15 is 0 Å². The molecule has 0 radical (unpaired) electrons. The van der Waals surface area contributed by atoms with Crippen LogP contribution in [0, 0.1) is 17.6 Å². The first kappa shape index (κ1) is 15.2. The third kappa shape index (κ3) is 3.48. The summed E-state index contributed by atoms with van der Waals surface area (Å²) < 4.78 is 33.3. The van der Waals surface area contributed by atoms with Crippen LogP contribution in [0.15, 0.2) is 12.1 Å². The Morgan fingerprint density at radius 2 is 1.95 bits per heavy atom. The molecule has 1 unspecified atom stereocenters. The Labute approximate surface area is 119 Å². The first-order valence-corrected chi connectivity index (χ1v) is 7.42. The van der Waals surface area contributed by atoms with Crippen molar-refractivity contribution in [3.05, 3.63) is 29.3 Å². The van der Waals surface area contributed by atoms with Crippen LogP contribution < -0.4 is 10.1 Å². The topological polar surface area (TPSA) is 21.3 Å². The number of methoxy groups -OCH3 is 1. The van der Waals surface area contributed by atoms with Crippen molar-refractivity contribution in [2.24, 2.45) is 5.92 Å². The Morgan fingerprint density at radius 3 is 2.40 bits per heavy atom. The average Bonchev–Trinajstić information content (AvgIpc) is 2.37. The van der Waals surface area contributed by atoms with E-state index in [-0.39, 0.29) is 17.4 Å². The molecule has 0 aliphatic heterocycles. The first-order chi connectivity index (χ1) is 9.65. The van der Waals surface area contributed by atoms with Crippen LogP contribution in [-0.4, -0.2) is 13.7 Å². The third-order valence-corrected chi connectivity index (χ3v) is 4.07. The van der Waals surface area contributed by atoms with Crippen molar-refractivity contribution in [1.82, 2.24) is 5.32 Å². The van der Waals surface area contributed by atoms with E-state index in [1.165, 1.54) is 38.5 Å². The normalized spacial score (nSPS) is 16.8. The van der Waals surface area contributed by atoms with Gasteiger partial charge in [-0.05, 0) is 25.3 Å². The Morgan fingerprint density at radius 1 is 1.30 bits per heavy atom. The Kier molecular flexibility index (Phi) is 5.35. The lowest BCUT2D eigenvalue weighted by Crippen LogP contribution is -2.28. The van der Waals surface area contributed by atoms with Gasteiger partial charge < -0.3 is 10.1 Å². The summed E-state index contributed by atoms with van der Waals surface area (Å²) in [5.74, 6) is -0.226. The zero-order chi connectivity index (χ0) is 14.5. The van der Waals surface area contributed by atoms with Gasteiger partial charge >= 0.3 is 0 Å². The third-order valence-electron chi connectivity index (χ3n) is 4.07. The highest BCUT2D eigenvalue weighted by atomic mass is 19.1. The van der Waals surface area contributed by atoms with Crippen molar-refractivity contribution in [3.63, 3.8) is 0 Å². The van der Waals surface area contributed by atoms with Crippen molar-refractivity contribution < 1.29 is 13.5 Å². The predicted octanol–water partition coefficient (Wildman–Crippen LogP) is 4.20.